The number of nitrogens with one attached hydrogen (secondary N) is 1. The molecule has 2 bridgehead atoms. The van der Waals surface area contributed by atoms with Crippen LogP contribution in [-0.2, 0) is 0 Å². The van der Waals surface area contributed by atoms with E-state index in [0.29, 0.717) is 0 Å². The van der Waals surface area contributed by atoms with Crippen LogP contribution < -0.4 is 4.72 Å². The Bertz CT molecular complexity index is 564. The van der Waals surface area contributed by atoms with Crippen LogP contribution in [0.15, 0.2) is 52.5 Å². The molecule has 72 valence electrons. The number of anilines is 1. The van der Waals surface area contributed by atoms with Gasteiger partial charge >= 0.3 is 0 Å². The van der Waals surface area contributed by atoms with Gasteiger partial charge in [-0.2, -0.15) is 0 Å². The van der Waals surface area contributed by atoms with Crippen LogP contribution in [0.3, 0.4) is 0 Å². The van der Waals surface area contributed by atoms with Crippen molar-refractivity contribution in [1.29, 1.82) is 0 Å². The average molecular weight is 211 g/mol. The van der Waals surface area contributed by atoms with Gasteiger partial charge in [0.25, 0.3) is 0 Å². The van der Waals surface area contributed by atoms with Crippen molar-refractivity contribution in [3.8, 4) is 0 Å². The van der Waals surface area contributed by atoms with Gasteiger partial charge in [0.15, 0.2) is 0 Å². The van der Waals surface area contributed by atoms with E-state index in [2.05, 4.69) is 41.1 Å². The summed E-state index contributed by atoms with van der Waals surface area (Å²) < 4.78 is 3.41. The van der Waals surface area contributed by atoms with Crippen molar-refractivity contribution >= 4 is 23.2 Å². The Morgan fingerprint density at radius 1 is 1.07 bits per heavy atom. The van der Waals surface area contributed by atoms with Crippen LogP contribution >= 0.6 is 11.9 Å². The summed E-state index contributed by atoms with van der Waals surface area (Å²) in [4.78, 5) is 1.44. The van der Waals surface area contributed by atoms with E-state index in [1.807, 2.05) is 0 Å². The van der Waals surface area contributed by atoms with Gasteiger partial charge in [-0.15, -0.1) is 0 Å². The maximum Gasteiger partial charge on any atom is 0.0522 e. The predicted molar refractivity (Wildman–Crippen MR) is 65.4 cm³/mol. The predicted octanol–water partition coefficient (Wildman–Crippen LogP) is 3.74. The van der Waals surface area contributed by atoms with Gasteiger partial charge in [0.2, 0.25) is 0 Å². The summed E-state index contributed by atoms with van der Waals surface area (Å²) in [5.41, 5.74) is 7.04. The highest BCUT2D eigenvalue weighted by Gasteiger charge is 2.31. The Labute approximate surface area is 92.7 Å². The number of allylic oxidation sites excluding steroid dienone is 5. The van der Waals surface area contributed by atoms with Crippen molar-refractivity contribution < 1.29 is 0 Å². The fourth-order valence-corrected chi connectivity index (χ4v) is 3.47. The number of hydrogen-bond donors (Lipinski definition) is 1. The molecule has 4 rings (SSSR count). The molecule has 3 aliphatic rings. The quantitative estimate of drug-likeness (QED) is 0.656. The lowest BCUT2D eigenvalue weighted by atomic mass is 10.00. The summed E-state index contributed by atoms with van der Waals surface area (Å²) in [5.74, 6) is 0. The molecule has 0 fully saturated rings. The first-order chi connectivity index (χ1) is 7.43. The van der Waals surface area contributed by atoms with E-state index >= 15 is 0 Å². The van der Waals surface area contributed by atoms with E-state index in [-0.39, 0.29) is 0 Å². The molecule has 0 amide bonds. The highest BCUT2D eigenvalue weighted by Crippen LogP contribution is 2.53. The fourth-order valence-electron chi connectivity index (χ4n) is 2.47. The molecule has 1 N–H and O–H groups in total. The largest absolute Gasteiger partial charge is 0.325 e. The van der Waals surface area contributed by atoms with Crippen LogP contribution in [0.4, 0.5) is 5.69 Å². The molecule has 0 aromatic heterocycles. The lowest BCUT2D eigenvalue weighted by Gasteiger charge is -2.22. The second-order valence-electron chi connectivity index (χ2n) is 4.01. The monoisotopic (exact) mass is 211 g/mol. The van der Waals surface area contributed by atoms with Crippen molar-refractivity contribution in [2.45, 2.75) is 6.42 Å². The van der Waals surface area contributed by atoms with E-state index in [9.17, 15) is 0 Å². The maximum atomic E-state index is 3.41. The lowest BCUT2D eigenvalue weighted by Crippen LogP contribution is -2.03. The zero-order chi connectivity index (χ0) is 9.83. The number of fused-ring (bicyclic) bond motifs is 5. The molecule has 0 spiro atoms. The molecule has 2 heteroatoms. The van der Waals surface area contributed by atoms with Gasteiger partial charge in [-0.25, -0.2) is 0 Å². The summed E-state index contributed by atoms with van der Waals surface area (Å²) >= 11 is 1.76. The van der Waals surface area contributed by atoms with Gasteiger partial charge in [0, 0.05) is 16.0 Å². The Hall–Kier alpha value is -1.41. The first kappa shape index (κ1) is 7.83. The van der Waals surface area contributed by atoms with Crippen LogP contribution in [0, 0.1) is 0 Å². The van der Waals surface area contributed by atoms with E-state index in [1.165, 1.54) is 32.9 Å². The smallest absolute Gasteiger partial charge is 0.0522 e. The first-order valence-corrected chi connectivity index (χ1v) is 5.92. The standard InChI is InChI=1S/C13H9NS/c1-2-4-11-10(3-1)12-8-5-6-9(7-8)13(12)15-14-11/h1-6,14H,7H2. The molecule has 15 heavy (non-hydrogen) atoms. The minimum Gasteiger partial charge on any atom is -0.325 e. The van der Waals surface area contributed by atoms with Gasteiger partial charge in [-0.1, -0.05) is 30.4 Å². The molecular weight excluding hydrogens is 202 g/mol. The minimum atomic E-state index is 1.13. The number of hydrogen-bond acceptors (Lipinski definition) is 2. The Kier molecular flexibility index (Phi) is 1.35. The van der Waals surface area contributed by atoms with Crippen LogP contribution in [0.5, 0.6) is 0 Å². The van der Waals surface area contributed by atoms with Gasteiger partial charge in [-0.05, 0) is 35.6 Å². The summed E-state index contributed by atoms with van der Waals surface area (Å²) in [6.45, 7) is 0. The second-order valence-corrected chi connectivity index (χ2v) is 4.83. The zero-order valence-electron chi connectivity index (χ0n) is 8.08. The molecule has 0 radical (unpaired) electrons. The Morgan fingerprint density at radius 3 is 2.93 bits per heavy atom. The molecule has 1 aromatic rings. The molecule has 1 aliphatic heterocycles. The summed E-state index contributed by atoms with van der Waals surface area (Å²) in [6.07, 6.45) is 5.64. The fraction of sp³-hybridized carbons (Fsp3) is 0.0769. The van der Waals surface area contributed by atoms with E-state index in [1.54, 1.807) is 11.9 Å². The van der Waals surface area contributed by atoms with Gasteiger partial charge in [0.05, 0.1) is 5.69 Å². The molecule has 0 saturated carbocycles. The van der Waals surface area contributed by atoms with Gasteiger partial charge in [0.1, 0.15) is 0 Å². The summed E-state index contributed by atoms with van der Waals surface area (Å²) in [5, 5.41) is 0. The molecule has 2 aliphatic carbocycles. The molecule has 0 saturated heterocycles. The maximum absolute atomic E-state index is 3.41. The summed E-state index contributed by atoms with van der Waals surface area (Å²) in [6, 6.07) is 8.55. The molecular formula is C13H9NS. The molecule has 1 heterocycles. The van der Waals surface area contributed by atoms with Crippen molar-refractivity contribution in [2.24, 2.45) is 0 Å². The minimum absolute atomic E-state index is 1.13. The number of benzene rings is 1. The van der Waals surface area contributed by atoms with E-state index < -0.39 is 0 Å². The van der Waals surface area contributed by atoms with Crippen LogP contribution in [0.2, 0.25) is 0 Å². The van der Waals surface area contributed by atoms with Crippen molar-refractivity contribution in [1.82, 2.24) is 0 Å². The average Bonchev–Trinajstić information content (AvgIpc) is 2.89. The van der Waals surface area contributed by atoms with Crippen molar-refractivity contribution in [3.63, 3.8) is 0 Å². The molecule has 1 aromatic carbocycles. The van der Waals surface area contributed by atoms with E-state index in [0.717, 1.165) is 6.42 Å². The summed E-state index contributed by atoms with van der Waals surface area (Å²) in [7, 11) is 0. The lowest BCUT2D eigenvalue weighted by molar-refractivity contribution is 1.32. The van der Waals surface area contributed by atoms with E-state index in [4.69, 9.17) is 0 Å². The van der Waals surface area contributed by atoms with Gasteiger partial charge < -0.3 is 4.72 Å². The number of rotatable bonds is 0. The molecule has 0 atom stereocenters. The normalized spacial score (nSPS) is 20.5. The van der Waals surface area contributed by atoms with Crippen LogP contribution in [-0.4, -0.2) is 0 Å². The SMILES string of the molecule is C1=CC2=C3C(=C1C2)SNc1ccccc13. The highest BCUT2D eigenvalue weighted by atomic mass is 32.2. The van der Waals surface area contributed by atoms with Crippen LogP contribution in [0.1, 0.15) is 12.0 Å². The third-order valence-electron chi connectivity index (χ3n) is 3.17. The second kappa shape index (κ2) is 2.58. The van der Waals surface area contributed by atoms with Crippen molar-refractivity contribution in [2.75, 3.05) is 4.72 Å². The van der Waals surface area contributed by atoms with Gasteiger partial charge in [-0.3, -0.25) is 0 Å². The topological polar surface area (TPSA) is 12.0 Å². The Morgan fingerprint density at radius 2 is 1.93 bits per heavy atom. The Balaban J connectivity index is 2.06. The molecule has 1 nitrogen and oxygen atoms in total. The molecule has 0 unspecified atom stereocenters. The van der Waals surface area contributed by atoms with Crippen LogP contribution in [0.25, 0.3) is 5.57 Å². The third kappa shape index (κ3) is 0.901. The highest BCUT2D eigenvalue weighted by molar-refractivity contribution is 8.05. The number of para-hydroxylation sites is 1. The zero-order valence-corrected chi connectivity index (χ0v) is 8.90. The first-order valence-electron chi connectivity index (χ1n) is 5.10. The third-order valence-corrected chi connectivity index (χ3v) is 4.16. The van der Waals surface area contributed by atoms with Crippen molar-refractivity contribution in [3.05, 3.63) is 58.0 Å².